The number of hydrogen-bond donors (Lipinski definition) is 1. The van der Waals surface area contributed by atoms with Gasteiger partial charge >= 0.3 is 6.18 Å². The molecule has 2 aliphatic heterocycles. The Morgan fingerprint density at radius 1 is 1.21 bits per heavy atom. The number of nitrogen functional groups attached to an aromatic ring is 1. The lowest BCUT2D eigenvalue weighted by atomic mass is 10.1. The summed E-state index contributed by atoms with van der Waals surface area (Å²) in [6.07, 6.45) is -2.86. The van der Waals surface area contributed by atoms with E-state index in [-0.39, 0.29) is 16.8 Å². The Kier molecular flexibility index (Phi) is 4.12. The third kappa shape index (κ3) is 3.15. The van der Waals surface area contributed by atoms with Crippen molar-refractivity contribution in [2.75, 3.05) is 32.0 Å². The number of alkyl halides is 3. The third-order valence-corrected chi connectivity index (χ3v) is 6.31. The van der Waals surface area contributed by atoms with Crippen LogP contribution in [-0.4, -0.2) is 58.2 Å². The Morgan fingerprint density at radius 2 is 1.93 bits per heavy atom. The minimum atomic E-state index is -4.34. The molecule has 3 atom stereocenters. The number of hydrogen-bond acceptors (Lipinski definition) is 5. The van der Waals surface area contributed by atoms with E-state index in [0.717, 1.165) is 31.0 Å². The highest BCUT2D eigenvalue weighted by Gasteiger charge is 2.59. The molecule has 0 unspecified atom stereocenters. The lowest BCUT2D eigenvalue weighted by Crippen LogP contribution is -2.48. The highest BCUT2D eigenvalue weighted by atomic mass is 35.5. The highest BCUT2D eigenvalue weighted by Crippen LogP contribution is 2.59. The third-order valence-electron chi connectivity index (χ3n) is 6.01. The van der Waals surface area contributed by atoms with Gasteiger partial charge in [0.15, 0.2) is 0 Å². The summed E-state index contributed by atoms with van der Waals surface area (Å²) in [7, 11) is 0. The fraction of sp³-hybridized carbons (Fsp3) is 0.556. The number of nitrogens with two attached hydrogens (primary N) is 1. The molecule has 4 heterocycles. The normalized spacial score (nSPS) is 27.6. The van der Waals surface area contributed by atoms with E-state index in [4.69, 9.17) is 22.1 Å². The zero-order valence-corrected chi connectivity index (χ0v) is 15.6. The largest absolute Gasteiger partial charge is 0.408 e. The molecule has 2 aromatic heterocycles. The maximum atomic E-state index is 13.1. The SMILES string of the molecule is Nc1ncc(-c2cc([C@H]3[C@@H]4CN(C5COC5)C[C@@H]43)n(CC(F)(F)F)n2)cc1Cl. The van der Waals surface area contributed by atoms with Crippen LogP contribution in [0.25, 0.3) is 11.3 Å². The molecule has 150 valence electrons. The maximum Gasteiger partial charge on any atom is 0.408 e. The van der Waals surface area contributed by atoms with Gasteiger partial charge < -0.3 is 10.5 Å². The molecule has 3 aliphatic rings. The molecular weight excluding hydrogens is 395 g/mol. The summed E-state index contributed by atoms with van der Waals surface area (Å²) in [6, 6.07) is 3.79. The summed E-state index contributed by atoms with van der Waals surface area (Å²) in [6.45, 7) is 2.22. The van der Waals surface area contributed by atoms with Crippen LogP contribution in [-0.2, 0) is 11.3 Å². The summed E-state index contributed by atoms with van der Waals surface area (Å²) in [4.78, 5) is 6.38. The van der Waals surface area contributed by atoms with Gasteiger partial charge in [-0.3, -0.25) is 9.58 Å². The zero-order valence-electron chi connectivity index (χ0n) is 14.9. The first-order valence-electron chi connectivity index (χ1n) is 9.18. The quantitative estimate of drug-likeness (QED) is 0.834. The van der Waals surface area contributed by atoms with E-state index in [2.05, 4.69) is 15.0 Å². The molecule has 2 saturated heterocycles. The number of anilines is 1. The van der Waals surface area contributed by atoms with Crippen molar-refractivity contribution in [1.29, 1.82) is 0 Å². The predicted octanol–water partition coefficient (Wildman–Crippen LogP) is 2.79. The molecule has 6 nitrogen and oxygen atoms in total. The Balaban J connectivity index is 1.42. The van der Waals surface area contributed by atoms with Crippen molar-refractivity contribution in [2.24, 2.45) is 11.8 Å². The summed E-state index contributed by atoms with van der Waals surface area (Å²) >= 11 is 6.02. The van der Waals surface area contributed by atoms with Gasteiger partial charge in [0.2, 0.25) is 0 Å². The smallest absolute Gasteiger partial charge is 0.382 e. The van der Waals surface area contributed by atoms with E-state index in [9.17, 15) is 13.2 Å². The van der Waals surface area contributed by atoms with E-state index in [1.807, 2.05) is 0 Å². The number of aromatic nitrogens is 3. The number of nitrogens with zero attached hydrogens (tertiary/aromatic N) is 4. The van der Waals surface area contributed by atoms with Crippen LogP contribution in [0.15, 0.2) is 18.3 Å². The molecule has 10 heteroatoms. The van der Waals surface area contributed by atoms with E-state index in [1.54, 1.807) is 12.1 Å². The molecule has 2 aromatic rings. The van der Waals surface area contributed by atoms with Gasteiger partial charge in [-0.15, -0.1) is 0 Å². The second-order valence-electron chi connectivity index (χ2n) is 7.82. The van der Waals surface area contributed by atoms with Gasteiger partial charge in [-0.05, 0) is 24.0 Å². The molecule has 1 aliphatic carbocycles. The van der Waals surface area contributed by atoms with E-state index < -0.39 is 12.7 Å². The van der Waals surface area contributed by atoms with E-state index >= 15 is 0 Å². The monoisotopic (exact) mass is 413 g/mol. The van der Waals surface area contributed by atoms with Crippen molar-refractivity contribution in [3.8, 4) is 11.3 Å². The van der Waals surface area contributed by atoms with Crippen molar-refractivity contribution in [3.63, 3.8) is 0 Å². The van der Waals surface area contributed by atoms with Gasteiger partial charge in [0.25, 0.3) is 0 Å². The molecule has 0 radical (unpaired) electrons. The van der Waals surface area contributed by atoms with Crippen molar-refractivity contribution >= 4 is 17.4 Å². The molecule has 0 amide bonds. The Labute approximate surface area is 164 Å². The first-order chi connectivity index (χ1) is 13.3. The second kappa shape index (κ2) is 6.33. The van der Waals surface area contributed by atoms with Crippen molar-refractivity contribution in [1.82, 2.24) is 19.7 Å². The summed E-state index contributed by atoms with van der Waals surface area (Å²) in [5, 5.41) is 4.49. The Hall–Kier alpha value is -1.84. The standard InChI is InChI=1S/C18H19ClF3N5O/c19-13-1-9(3-24-17(13)23)14-2-15(27(25-14)8-18(20,21)22)16-11-4-26(5-12(11)16)10-6-28-7-10/h1-3,10-12,16H,4-8H2,(H2,23,24)/t11-,12+,16+. The van der Waals surface area contributed by atoms with Gasteiger partial charge in [-0.2, -0.15) is 18.3 Å². The lowest BCUT2D eigenvalue weighted by Gasteiger charge is -2.35. The van der Waals surface area contributed by atoms with Gasteiger partial charge in [0, 0.05) is 36.5 Å². The first kappa shape index (κ1) is 18.2. The summed E-state index contributed by atoms with van der Waals surface area (Å²) in [5.74, 6) is 1.05. The highest BCUT2D eigenvalue weighted by molar-refractivity contribution is 6.33. The van der Waals surface area contributed by atoms with Gasteiger partial charge in [0.05, 0.1) is 30.0 Å². The number of halogens is 4. The average Bonchev–Trinajstić information content (AvgIpc) is 2.91. The van der Waals surface area contributed by atoms with Crippen LogP contribution in [0.2, 0.25) is 5.02 Å². The van der Waals surface area contributed by atoms with Crippen LogP contribution >= 0.6 is 11.6 Å². The van der Waals surface area contributed by atoms with Crippen LogP contribution in [0.1, 0.15) is 11.6 Å². The first-order valence-corrected chi connectivity index (χ1v) is 9.55. The van der Waals surface area contributed by atoms with Crippen LogP contribution < -0.4 is 5.73 Å². The second-order valence-corrected chi connectivity index (χ2v) is 8.22. The summed E-state index contributed by atoms with van der Waals surface area (Å²) in [5.41, 5.74) is 7.26. The molecule has 0 spiro atoms. The number of pyridine rings is 1. The predicted molar refractivity (Wildman–Crippen MR) is 96.8 cm³/mol. The van der Waals surface area contributed by atoms with Crippen LogP contribution in [0, 0.1) is 11.8 Å². The molecule has 5 rings (SSSR count). The fourth-order valence-electron chi connectivity index (χ4n) is 4.46. The molecule has 3 fully saturated rings. The van der Waals surface area contributed by atoms with E-state index in [1.165, 1.54) is 6.20 Å². The topological polar surface area (TPSA) is 69.2 Å². The summed E-state index contributed by atoms with van der Waals surface area (Å²) < 4.78 is 45.7. The van der Waals surface area contributed by atoms with Gasteiger partial charge in [-0.25, -0.2) is 4.98 Å². The molecule has 2 N–H and O–H groups in total. The van der Waals surface area contributed by atoms with Crippen molar-refractivity contribution in [3.05, 3.63) is 29.0 Å². The van der Waals surface area contributed by atoms with Crippen LogP contribution in [0.4, 0.5) is 19.0 Å². The minimum Gasteiger partial charge on any atom is -0.382 e. The van der Waals surface area contributed by atoms with Crippen LogP contribution in [0.5, 0.6) is 0 Å². The minimum absolute atomic E-state index is 0.109. The Morgan fingerprint density at radius 3 is 2.50 bits per heavy atom. The number of rotatable bonds is 4. The van der Waals surface area contributed by atoms with Crippen molar-refractivity contribution in [2.45, 2.75) is 24.7 Å². The molecule has 0 aromatic carbocycles. The fourth-order valence-corrected chi connectivity index (χ4v) is 4.62. The number of fused-ring (bicyclic) bond motifs is 1. The van der Waals surface area contributed by atoms with Gasteiger partial charge in [-0.1, -0.05) is 11.6 Å². The lowest BCUT2D eigenvalue weighted by molar-refractivity contribution is -0.143. The molecule has 1 saturated carbocycles. The van der Waals surface area contributed by atoms with E-state index in [0.29, 0.717) is 34.8 Å². The maximum absolute atomic E-state index is 13.1. The van der Waals surface area contributed by atoms with Crippen LogP contribution in [0.3, 0.4) is 0 Å². The molecule has 0 bridgehead atoms. The zero-order chi connectivity index (χ0) is 19.6. The van der Waals surface area contributed by atoms with Gasteiger partial charge in [0.1, 0.15) is 12.4 Å². The Bertz CT molecular complexity index is 901. The number of likely N-dealkylation sites (tertiary alicyclic amines) is 1. The molecule has 28 heavy (non-hydrogen) atoms. The van der Waals surface area contributed by atoms with Crippen molar-refractivity contribution < 1.29 is 17.9 Å². The number of piperidine rings is 1. The average molecular weight is 414 g/mol. The number of ether oxygens (including phenoxy) is 1. The molecular formula is C18H19ClF3N5O.